The van der Waals surface area contributed by atoms with Crippen molar-refractivity contribution < 1.29 is 89.4 Å². The van der Waals surface area contributed by atoms with E-state index in [1.54, 1.807) is 6.08 Å². The summed E-state index contributed by atoms with van der Waals surface area (Å²) in [6.07, 6.45) is 26.0. The molecule has 3 aliphatic heterocycles. The number of allylic oxidation sites excluding steroid dienone is 3. The molecule has 3 heterocycles. The highest BCUT2D eigenvalue weighted by atomic mass is 16.8. The SMILES string of the molecule is CCCCC/C=C\CCCCCCCC(=O)NC(COC1OC(CO)C(OC2OC(CO)C(OC3OC(CO)C(O)C(O)C3O)C(O)C2O)C(O)C1O)C(O)/C=C/CCCCCCCCCCCCCCCCCCCCCCCCCCC. The van der Waals surface area contributed by atoms with E-state index in [1.807, 2.05) is 6.08 Å². The molecule has 17 atom stereocenters. The third kappa shape index (κ3) is 30.7. The average Bonchev–Trinajstić information content (AvgIpc) is 2.94. The molecule has 494 valence electrons. The maximum Gasteiger partial charge on any atom is 0.220 e. The molecule has 84 heavy (non-hydrogen) atoms. The van der Waals surface area contributed by atoms with Crippen LogP contribution in [-0.2, 0) is 33.2 Å². The van der Waals surface area contributed by atoms with Gasteiger partial charge < -0.3 is 89.9 Å². The third-order valence-corrected chi connectivity index (χ3v) is 17.0. The summed E-state index contributed by atoms with van der Waals surface area (Å²) in [6, 6.07) is -0.975. The van der Waals surface area contributed by atoms with Crippen molar-refractivity contribution in [1.82, 2.24) is 5.32 Å². The number of hydrogen-bond acceptors (Lipinski definition) is 18. The molecule has 19 nitrogen and oxygen atoms in total. The fraction of sp³-hybridized carbons (Fsp3) is 0.923. The first-order valence-corrected chi connectivity index (χ1v) is 33.6. The molecule has 0 aromatic carbocycles. The fourth-order valence-electron chi connectivity index (χ4n) is 11.5. The van der Waals surface area contributed by atoms with Gasteiger partial charge in [0.25, 0.3) is 0 Å². The maximum atomic E-state index is 13.3. The quantitative estimate of drug-likeness (QED) is 0.0204. The van der Waals surface area contributed by atoms with Crippen LogP contribution in [0.5, 0.6) is 0 Å². The number of unbranched alkanes of at least 4 members (excludes halogenated alkanes) is 33. The molecule has 12 N–H and O–H groups in total. The van der Waals surface area contributed by atoms with Crippen LogP contribution in [0.4, 0.5) is 0 Å². The molecule has 17 unspecified atom stereocenters. The lowest BCUT2D eigenvalue weighted by Gasteiger charge is -2.48. The van der Waals surface area contributed by atoms with Gasteiger partial charge in [-0.15, -0.1) is 0 Å². The van der Waals surface area contributed by atoms with Gasteiger partial charge in [0.15, 0.2) is 18.9 Å². The molecule has 1 amide bonds. The van der Waals surface area contributed by atoms with E-state index in [0.29, 0.717) is 6.42 Å². The number of nitrogens with one attached hydrogen (secondary N) is 1. The lowest BCUT2D eigenvalue weighted by Crippen LogP contribution is -2.66. The fourth-order valence-corrected chi connectivity index (χ4v) is 11.5. The molecule has 0 radical (unpaired) electrons. The number of aliphatic hydroxyl groups excluding tert-OH is 11. The van der Waals surface area contributed by atoms with Gasteiger partial charge in [0.1, 0.15) is 73.2 Å². The number of amides is 1. The van der Waals surface area contributed by atoms with Crippen molar-refractivity contribution in [2.45, 2.75) is 356 Å². The second-order valence-electron chi connectivity index (χ2n) is 24.3. The van der Waals surface area contributed by atoms with Gasteiger partial charge in [0, 0.05) is 6.42 Å². The summed E-state index contributed by atoms with van der Waals surface area (Å²) in [6.45, 7) is 1.71. The number of aliphatic hydroxyl groups is 11. The summed E-state index contributed by atoms with van der Waals surface area (Å²) in [5, 5.41) is 120. The van der Waals surface area contributed by atoms with Crippen molar-refractivity contribution in [2.75, 3.05) is 26.4 Å². The van der Waals surface area contributed by atoms with E-state index in [-0.39, 0.29) is 18.9 Å². The summed E-state index contributed by atoms with van der Waals surface area (Å²) < 4.78 is 34.3. The smallest absolute Gasteiger partial charge is 0.220 e. The molecule has 0 saturated carbocycles. The van der Waals surface area contributed by atoms with Crippen LogP contribution < -0.4 is 5.32 Å². The zero-order valence-electron chi connectivity index (χ0n) is 51.9. The highest BCUT2D eigenvalue weighted by Gasteiger charge is 2.53. The summed E-state index contributed by atoms with van der Waals surface area (Å²) in [5.74, 6) is -0.284. The standard InChI is InChI=1S/C65H121NO18/c1-3-5-7-9-11-13-15-17-18-19-20-21-22-23-24-25-26-27-28-29-30-31-32-34-36-38-40-42-49(70)48(66-53(71)43-41-39-37-35-33-16-14-12-10-8-6-4-2)47-79-63-59(77)56(74)61(51(45-68)81-63)84-65-60(78)57(75)62(52(46-69)82-65)83-64-58(76)55(73)54(72)50(44-67)80-64/h12,14,40,42,48-52,54-65,67-70,72-78H,3-11,13,15-39,41,43-47H2,1-2H3,(H,66,71)/b14-12-,42-40+. The first-order valence-electron chi connectivity index (χ1n) is 33.6. The maximum absolute atomic E-state index is 13.3. The van der Waals surface area contributed by atoms with Crippen molar-refractivity contribution >= 4 is 5.91 Å². The van der Waals surface area contributed by atoms with Crippen LogP contribution in [0.2, 0.25) is 0 Å². The molecule has 3 fully saturated rings. The Balaban J connectivity index is 1.42. The van der Waals surface area contributed by atoms with Gasteiger partial charge in [-0.1, -0.05) is 224 Å². The Kier molecular flexibility index (Phi) is 43.9. The Bertz CT molecular complexity index is 1630. The second kappa shape index (κ2) is 48.2. The summed E-state index contributed by atoms with van der Waals surface area (Å²) in [4.78, 5) is 13.3. The number of rotatable bonds is 51. The van der Waals surface area contributed by atoms with Gasteiger partial charge in [-0.2, -0.15) is 0 Å². The molecular weight excluding hydrogens is 1080 g/mol. The molecule has 0 aromatic heterocycles. The zero-order chi connectivity index (χ0) is 61.2. The number of carbonyl (C=O) groups excluding carboxylic acids is 1. The lowest BCUT2D eigenvalue weighted by atomic mass is 9.96. The summed E-state index contributed by atoms with van der Waals surface area (Å²) >= 11 is 0. The van der Waals surface area contributed by atoms with Crippen molar-refractivity contribution in [2.24, 2.45) is 0 Å². The largest absolute Gasteiger partial charge is 0.394 e. The Hall–Kier alpha value is -1.73. The third-order valence-electron chi connectivity index (χ3n) is 17.0. The highest BCUT2D eigenvalue weighted by molar-refractivity contribution is 5.76. The summed E-state index contributed by atoms with van der Waals surface area (Å²) in [5.41, 5.74) is 0. The molecule has 3 aliphatic rings. The van der Waals surface area contributed by atoms with Crippen molar-refractivity contribution in [3.05, 3.63) is 24.3 Å². The van der Waals surface area contributed by atoms with E-state index in [0.717, 1.165) is 64.2 Å². The molecule has 3 saturated heterocycles. The van der Waals surface area contributed by atoms with Gasteiger partial charge in [0.05, 0.1) is 38.6 Å². The van der Waals surface area contributed by atoms with Gasteiger partial charge in [0.2, 0.25) is 5.91 Å². The molecule has 0 bridgehead atoms. The van der Waals surface area contributed by atoms with Crippen LogP contribution >= 0.6 is 0 Å². The van der Waals surface area contributed by atoms with Crippen LogP contribution in [-0.4, -0.2) is 193 Å². The molecule has 19 heteroatoms. The molecule has 0 aromatic rings. The van der Waals surface area contributed by atoms with E-state index >= 15 is 0 Å². The molecule has 0 spiro atoms. The summed E-state index contributed by atoms with van der Waals surface area (Å²) in [7, 11) is 0. The van der Waals surface area contributed by atoms with Gasteiger partial charge >= 0.3 is 0 Å². The Morgan fingerprint density at radius 2 is 0.750 bits per heavy atom. The second-order valence-corrected chi connectivity index (χ2v) is 24.3. The topological polar surface area (TPSA) is 307 Å². The number of carbonyl (C=O) groups is 1. The Labute approximate surface area is 505 Å². The van der Waals surface area contributed by atoms with Gasteiger partial charge in [-0.3, -0.25) is 4.79 Å². The number of ether oxygens (including phenoxy) is 6. The number of hydrogen-bond donors (Lipinski definition) is 12. The van der Waals surface area contributed by atoms with Crippen LogP contribution in [0, 0.1) is 0 Å². The Morgan fingerprint density at radius 1 is 0.417 bits per heavy atom. The minimum absolute atomic E-state index is 0.234. The van der Waals surface area contributed by atoms with E-state index in [1.165, 1.54) is 161 Å². The van der Waals surface area contributed by atoms with E-state index in [9.17, 15) is 61.0 Å². The monoisotopic (exact) mass is 1200 g/mol. The van der Waals surface area contributed by atoms with Crippen LogP contribution in [0.25, 0.3) is 0 Å². The first kappa shape index (κ1) is 76.5. The Morgan fingerprint density at radius 3 is 1.18 bits per heavy atom. The predicted octanol–water partition coefficient (Wildman–Crippen LogP) is 7.88. The van der Waals surface area contributed by atoms with Crippen LogP contribution in [0.3, 0.4) is 0 Å². The minimum Gasteiger partial charge on any atom is -0.394 e. The van der Waals surface area contributed by atoms with Crippen molar-refractivity contribution in [3.8, 4) is 0 Å². The van der Waals surface area contributed by atoms with Crippen molar-refractivity contribution in [3.63, 3.8) is 0 Å². The van der Waals surface area contributed by atoms with Gasteiger partial charge in [-0.25, -0.2) is 0 Å². The highest BCUT2D eigenvalue weighted by Crippen LogP contribution is 2.33. The molecular formula is C65H121NO18. The molecule has 0 aliphatic carbocycles. The van der Waals surface area contributed by atoms with E-state index in [4.69, 9.17) is 28.4 Å². The zero-order valence-corrected chi connectivity index (χ0v) is 51.9. The lowest BCUT2D eigenvalue weighted by molar-refractivity contribution is -0.379. The minimum atomic E-state index is -1.98. The van der Waals surface area contributed by atoms with Crippen LogP contribution in [0.1, 0.15) is 251 Å². The van der Waals surface area contributed by atoms with E-state index < -0.39 is 124 Å². The van der Waals surface area contributed by atoms with Crippen molar-refractivity contribution in [1.29, 1.82) is 0 Å². The predicted molar refractivity (Wildman–Crippen MR) is 323 cm³/mol. The normalized spacial score (nSPS) is 29.3. The average molecular weight is 1200 g/mol. The first-order chi connectivity index (χ1) is 40.8. The van der Waals surface area contributed by atoms with E-state index in [2.05, 4.69) is 31.3 Å². The van der Waals surface area contributed by atoms with Crippen LogP contribution in [0.15, 0.2) is 24.3 Å². The molecule has 3 rings (SSSR count). The van der Waals surface area contributed by atoms with Gasteiger partial charge in [-0.05, 0) is 44.9 Å².